The summed E-state index contributed by atoms with van der Waals surface area (Å²) in [6.45, 7) is 2.97. The smallest absolute Gasteiger partial charge is 0.256 e. The number of carbonyl (C=O) groups excluding carboxylic acids is 3. The van der Waals surface area contributed by atoms with Crippen molar-refractivity contribution in [2.45, 2.75) is 19.3 Å². The summed E-state index contributed by atoms with van der Waals surface area (Å²) >= 11 is 1.45. The Morgan fingerprint density at radius 2 is 2.00 bits per heavy atom. The minimum absolute atomic E-state index is 0.0722. The molecule has 1 fully saturated rings. The van der Waals surface area contributed by atoms with Gasteiger partial charge in [-0.3, -0.25) is 14.4 Å². The van der Waals surface area contributed by atoms with Crippen molar-refractivity contribution in [1.29, 1.82) is 0 Å². The molecule has 0 radical (unpaired) electrons. The molecule has 1 aliphatic rings. The molecular formula is C21H26N4O3S. The molecule has 3 amide bonds. The van der Waals surface area contributed by atoms with Crippen LogP contribution in [0, 0.1) is 5.92 Å². The van der Waals surface area contributed by atoms with Gasteiger partial charge in [-0.2, -0.15) is 11.3 Å². The van der Waals surface area contributed by atoms with Gasteiger partial charge in [0.05, 0.1) is 22.7 Å². The van der Waals surface area contributed by atoms with Crippen LogP contribution < -0.4 is 16.4 Å². The van der Waals surface area contributed by atoms with E-state index in [1.807, 2.05) is 5.38 Å². The minimum atomic E-state index is -0.236. The van der Waals surface area contributed by atoms with E-state index in [1.165, 1.54) is 11.3 Å². The highest BCUT2D eigenvalue weighted by atomic mass is 32.1. The van der Waals surface area contributed by atoms with Crippen LogP contribution in [0.25, 0.3) is 0 Å². The number of amides is 3. The van der Waals surface area contributed by atoms with Crippen LogP contribution in [0.15, 0.2) is 41.1 Å². The van der Waals surface area contributed by atoms with Crippen LogP contribution in [0.5, 0.6) is 0 Å². The van der Waals surface area contributed by atoms with Gasteiger partial charge < -0.3 is 21.3 Å². The molecule has 29 heavy (non-hydrogen) atoms. The molecule has 1 atom stereocenters. The highest BCUT2D eigenvalue weighted by Gasteiger charge is 2.23. The molecule has 0 bridgehead atoms. The molecule has 0 spiro atoms. The Morgan fingerprint density at radius 1 is 1.17 bits per heavy atom. The summed E-state index contributed by atoms with van der Waals surface area (Å²) in [6, 6.07) is 8.71. The largest absolute Gasteiger partial charge is 0.369 e. The molecule has 1 saturated heterocycles. The number of anilines is 1. The van der Waals surface area contributed by atoms with Crippen LogP contribution in [-0.2, 0) is 4.79 Å². The van der Waals surface area contributed by atoms with Crippen molar-refractivity contribution in [3.05, 3.63) is 52.2 Å². The molecule has 154 valence electrons. The molecule has 2 aromatic rings. The normalized spacial score (nSPS) is 16.9. The maximum absolute atomic E-state index is 12.6. The minimum Gasteiger partial charge on any atom is -0.369 e. The molecular weight excluding hydrogens is 388 g/mol. The summed E-state index contributed by atoms with van der Waals surface area (Å²) in [5, 5.41) is 9.32. The summed E-state index contributed by atoms with van der Waals surface area (Å²) in [5.41, 5.74) is 6.91. The highest BCUT2D eigenvalue weighted by molar-refractivity contribution is 7.08. The summed E-state index contributed by atoms with van der Waals surface area (Å²) in [6.07, 6.45) is 2.61. The number of nitrogens with two attached hydrogens (primary N) is 1. The third-order valence-electron chi connectivity index (χ3n) is 5.05. The Bertz CT molecular complexity index is 853. The molecule has 1 unspecified atom stereocenters. The first-order valence-corrected chi connectivity index (χ1v) is 10.7. The zero-order valence-corrected chi connectivity index (χ0v) is 17.0. The quantitative estimate of drug-likeness (QED) is 0.577. The van der Waals surface area contributed by atoms with Gasteiger partial charge in [-0.15, -0.1) is 0 Å². The number of para-hydroxylation sites is 1. The lowest BCUT2D eigenvalue weighted by Crippen LogP contribution is -2.42. The van der Waals surface area contributed by atoms with E-state index in [4.69, 9.17) is 5.73 Å². The maximum atomic E-state index is 12.6. The van der Waals surface area contributed by atoms with E-state index in [0.717, 1.165) is 32.4 Å². The molecule has 1 aromatic heterocycles. The van der Waals surface area contributed by atoms with E-state index in [9.17, 15) is 14.4 Å². The lowest BCUT2D eigenvalue weighted by Gasteiger charge is -2.31. The first-order chi connectivity index (χ1) is 14.0. The van der Waals surface area contributed by atoms with E-state index in [-0.39, 0.29) is 23.6 Å². The second-order valence-corrected chi connectivity index (χ2v) is 7.94. The monoisotopic (exact) mass is 414 g/mol. The highest BCUT2D eigenvalue weighted by Crippen LogP contribution is 2.18. The topological polar surface area (TPSA) is 105 Å². The van der Waals surface area contributed by atoms with Crippen molar-refractivity contribution >= 4 is 34.7 Å². The van der Waals surface area contributed by atoms with Gasteiger partial charge in [0.1, 0.15) is 0 Å². The van der Waals surface area contributed by atoms with E-state index in [2.05, 4.69) is 15.5 Å². The summed E-state index contributed by atoms with van der Waals surface area (Å²) < 4.78 is 0. The molecule has 0 aliphatic carbocycles. The summed E-state index contributed by atoms with van der Waals surface area (Å²) in [7, 11) is 0. The van der Waals surface area contributed by atoms with Crippen LogP contribution >= 0.6 is 11.3 Å². The number of likely N-dealkylation sites (tertiary alicyclic amines) is 1. The zero-order valence-electron chi connectivity index (χ0n) is 16.2. The second kappa shape index (κ2) is 10.2. The fourth-order valence-corrected chi connectivity index (χ4v) is 4.10. The number of nitrogens with zero attached hydrogens (tertiary/aromatic N) is 1. The number of carbonyl (C=O) groups is 3. The molecule has 4 N–H and O–H groups in total. The van der Waals surface area contributed by atoms with Crippen molar-refractivity contribution in [3.63, 3.8) is 0 Å². The Hall–Kier alpha value is -2.71. The fraction of sp³-hybridized carbons (Fsp3) is 0.381. The van der Waals surface area contributed by atoms with E-state index < -0.39 is 0 Å². The summed E-state index contributed by atoms with van der Waals surface area (Å²) in [5.74, 6) is -0.762. The van der Waals surface area contributed by atoms with Gasteiger partial charge in [0.15, 0.2) is 0 Å². The van der Waals surface area contributed by atoms with Crippen molar-refractivity contribution < 1.29 is 14.4 Å². The van der Waals surface area contributed by atoms with Crippen LogP contribution in [0.4, 0.5) is 5.69 Å². The average molecular weight is 415 g/mol. The van der Waals surface area contributed by atoms with Gasteiger partial charge >= 0.3 is 0 Å². The first-order valence-electron chi connectivity index (χ1n) is 9.77. The molecule has 3 rings (SSSR count). The van der Waals surface area contributed by atoms with Gasteiger partial charge in [0, 0.05) is 18.5 Å². The third kappa shape index (κ3) is 5.88. The SMILES string of the molecule is NC(=O)C1CCCN(CCCNC(=O)c2ccccc2NC(=O)c2ccsc2)C1. The van der Waals surface area contributed by atoms with Crippen molar-refractivity contribution in [3.8, 4) is 0 Å². The van der Waals surface area contributed by atoms with Crippen molar-refractivity contribution in [2.75, 3.05) is 31.5 Å². The predicted octanol–water partition coefficient (Wildman–Crippen LogP) is 2.32. The zero-order chi connectivity index (χ0) is 20.6. The van der Waals surface area contributed by atoms with Crippen molar-refractivity contribution in [2.24, 2.45) is 11.7 Å². The van der Waals surface area contributed by atoms with Crippen LogP contribution in [0.1, 0.15) is 40.0 Å². The molecule has 8 heteroatoms. The van der Waals surface area contributed by atoms with E-state index >= 15 is 0 Å². The molecule has 1 aromatic carbocycles. The van der Waals surface area contributed by atoms with Gasteiger partial charge in [0.25, 0.3) is 11.8 Å². The standard InChI is InChI=1S/C21H26N4O3S/c22-19(26)15-5-3-10-25(13-15)11-4-9-23-21(28)17-6-1-2-7-18(17)24-20(27)16-8-12-29-14-16/h1-2,6-8,12,14-15H,3-5,9-11,13H2,(H2,22,26)(H,23,28)(H,24,27). The molecule has 2 heterocycles. The molecule has 0 saturated carbocycles. The molecule has 1 aliphatic heterocycles. The van der Waals surface area contributed by atoms with Gasteiger partial charge in [-0.05, 0) is 55.9 Å². The second-order valence-electron chi connectivity index (χ2n) is 7.16. The van der Waals surface area contributed by atoms with E-state index in [1.54, 1.807) is 35.7 Å². The number of rotatable bonds is 8. The Labute approximate surface area is 174 Å². The molecule has 7 nitrogen and oxygen atoms in total. The lowest BCUT2D eigenvalue weighted by molar-refractivity contribution is -0.123. The van der Waals surface area contributed by atoms with Crippen LogP contribution in [-0.4, -0.2) is 48.8 Å². The fourth-order valence-electron chi connectivity index (χ4n) is 3.47. The average Bonchev–Trinajstić information content (AvgIpc) is 3.27. The van der Waals surface area contributed by atoms with Crippen LogP contribution in [0.2, 0.25) is 0 Å². The number of hydrogen-bond acceptors (Lipinski definition) is 5. The number of hydrogen-bond donors (Lipinski definition) is 3. The van der Waals surface area contributed by atoms with Crippen LogP contribution in [0.3, 0.4) is 0 Å². The Balaban J connectivity index is 1.48. The summed E-state index contributed by atoms with van der Waals surface area (Å²) in [4.78, 5) is 38.5. The number of piperidine rings is 1. The Morgan fingerprint density at radius 3 is 2.76 bits per heavy atom. The van der Waals surface area contributed by atoms with E-state index in [0.29, 0.717) is 29.9 Å². The van der Waals surface area contributed by atoms with Gasteiger partial charge in [0.2, 0.25) is 5.91 Å². The maximum Gasteiger partial charge on any atom is 0.256 e. The Kier molecular flexibility index (Phi) is 7.37. The number of primary amides is 1. The number of thiophene rings is 1. The first kappa shape index (κ1) is 21.0. The number of nitrogens with one attached hydrogen (secondary N) is 2. The predicted molar refractivity (Wildman–Crippen MR) is 114 cm³/mol. The van der Waals surface area contributed by atoms with Gasteiger partial charge in [-0.1, -0.05) is 12.1 Å². The number of benzene rings is 1. The lowest BCUT2D eigenvalue weighted by atomic mass is 9.97. The van der Waals surface area contributed by atoms with Gasteiger partial charge in [-0.25, -0.2) is 0 Å². The third-order valence-corrected chi connectivity index (χ3v) is 5.73. The van der Waals surface area contributed by atoms with Crippen molar-refractivity contribution in [1.82, 2.24) is 10.2 Å².